The molecule has 0 saturated heterocycles. The summed E-state index contributed by atoms with van der Waals surface area (Å²) in [6.45, 7) is 0. The smallest absolute Gasteiger partial charge is 0.369 e. The molecule has 0 heterocycles. The molecule has 0 aliphatic rings. The van der Waals surface area contributed by atoms with Crippen molar-refractivity contribution in [2.75, 3.05) is 0 Å². The van der Waals surface area contributed by atoms with Crippen molar-refractivity contribution < 1.29 is 18.1 Å². The van der Waals surface area contributed by atoms with E-state index in [4.69, 9.17) is 11.5 Å². The maximum Gasteiger partial charge on any atom is 0.423 e. The van der Waals surface area contributed by atoms with Crippen LogP contribution in [0.3, 0.4) is 0 Å². The Morgan fingerprint density at radius 2 is 2.00 bits per heavy atom. The summed E-state index contributed by atoms with van der Waals surface area (Å²) in [4.78, 5) is 9.61. The average molecular weight is 275 g/mol. The second kappa shape index (κ2) is 5.33. The van der Waals surface area contributed by atoms with Crippen molar-refractivity contribution >= 4 is 17.9 Å². The number of para-hydroxylation sites is 1. The van der Waals surface area contributed by atoms with Crippen LogP contribution in [0.25, 0.3) is 0 Å². The predicted octanol–water partition coefficient (Wildman–Crippen LogP) is 1.22. The monoisotopic (exact) mass is 275 g/mol. The van der Waals surface area contributed by atoms with Crippen molar-refractivity contribution in [3.8, 4) is 0 Å². The lowest BCUT2D eigenvalue weighted by molar-refractivity contribution is -0.388. The molecule has 0 aromatic heterocycles. The Kier molecular flexibility index (Phi) is 4.04. The van der Waals surface area contributed by atoms with Crippen molar-refractivity contribution in [3.63, 3.8) is 0 Å². The fourth-order valence-corrected chi connectivity index (χ4v) is 1.26. The van der Waals surface area contributed by atoms with Crippen molar-refractivity contribution in [3.05, 3.63) is 39.4 Å². The van der Waals surface area contributed by atoms with Gasteiger partial charge in [-0.2, -0.15) is 18.3 Å². The van der Waals surface area contributed by atoms with Gasteiger partial charge in [-0.15, -0.1) is 5.10 Å². The first-order chi connectivity index (χ1) is 8.73. The van der Waals surface area contributed by atoms with Crippen LogP contribution < -0.4 is 11.5 Å². The third-order valence-electron chi connectivity index (χ3n) is 1.93. The molecule has 1 aromatic carbocycles. The number of nitro groups is 1. The SMILES string of the molecule is NC(N)=NN=Cc1cccc(C(F)(F)F)c1[N+](=O)[O-]. The standard InChI is InChI=1S/C9H8F3N5O2/c10-9(11,12)6-3-1-2-5(7(6)17(18)19)4-15-16-8(13)14/h1-4H,(H4,13,14,16). The molecule has 4 N–H and O–H groups in total. The van der Waals surface area contributed by atoms with E-state index < -0.39 is 28.3 Å². The molecule has 102 valence electrons. The van der Waals surface area contributed by atoms with E-state index in [1.54, 1.807) is 0 Å². The number of nitro benzene ring substituents is 1. The highest BCUT2D eigenvalue weighted by molar-refractivity contribution is 5.87. The molecule has 10 heteroatoms. The minimum Gasteiger partial charge on any atom is -0.369 e. The van der Waals surface area contributed by atoms with E-state index >= 15 is 0 Å². The number of nitrogens with two attached hydrogens (primary N) is 2. The molecule has 7 nitrogen and oxygen atoms in total. The van der Waals surface area contributed by atoms with Crippen molar-refractivity contribution in [1.82, 2.24) is 0 Å². The summed E-state index contributed by atoms with van der Waals surface area (Å²) in [6, 6.07) is 2.72. The summed E-state index contributed by atoms with van der Waals surface area (Å²) < 4.78 is 37.9. The lowest BCUT2D eigenvalue weighted by Crippen LogP contribution is -2.21. The first-order valence-electron chi connectivity index (χ1n) is 4.70. The first-order valence-corrected chi connectivity index (χ1v) is 4.70. The largest absolute Gasteiger partial charge is 0.423 e. The van der Waals surface area contributed by atoms with Gasteiger partial charge in [0.1, 0.15) is 5.56 Å². The van der Waals surface area contributed by atoms with Gasteiger partial charge in [-0.25, -0.2) is 0 Å². The molecule has 0 aliphatic heterocycles. The van der Waals surface area contributed by atoms with Gasteiger partial charge in [0.15, 0.2) is 0 Å². The first kappa shape index (κ1) is 14.4. The minimum atomic E-state index is -4.84. The summed E-state index contributed by atoms with van der Waals surface area (Å²) >= 11 is 0. The van der Waals surface area contributed by atoms with Crippen LogP contribution >= 0.6 is 0 Å². The van der Waals surface area contributed by atoms with Gasteiger partial charge in [0, 0.05) is 0 Å². The molecular weight excluding hydrogens is 267 g/mol. The Balaban J connectivity index is 3.37. The molecule has 1 aromatic rings. The number of nitrogens with zero attached hydrogens (tertiary/aromatic N) is 3. The molecule has 0 bridgehead atoms. The van der Waals surface area contributed by atoms with E-state index in [-0.39, 0.29) is 5.56 Å². The van der Waals surface area contributed by atoms with E-state index in [2.05, 4.69) is 10.2 Å². The van der Waals surface area contributed by atoms with Gasteiger partial charge < -0.3 is 11.5 Å². The molecule has 1 rings (SSSR count). The highest BCUT2D eigenvalue weighted by Crippen LogP contribution is 2.37. The molecule has 0 aliphatic carbocycles. The Morgan fingerprint density at radius 3 is 2.47 bits per heavy atom. The molecule has 0 fully saturated rings. The Morgan fingerprint density at radius 1 is 1.37 bits per heavy atom. The van der Waals surface area contributed by atoms with Gasteiger partial charge in [0.2, 0.25) is 5.96 Å². The fourth-order valence-electron chi connectivity index (χ4n) is 1.26. The van der Waals surface area contributed by atoms with Crippen LogP contribution in [0.1, 0.15) is 11.1 Å². The number of hydrogen-bond acceptors (Lipinski definition) is 4. The normalized spacial score (nSPS) is 11.5. The van der Waals surface area contributed by atoms with Gasteiger partial charge in [-0.3, -0.25) is 10.1 Å². The third kappa shape index (κ3) is 3.66. The molecular formula is C9H8F3N5O2. The Bertz CT molecular complexity index is 549. The van der Waals surface area contributed by atoms with Gasteiger partial charge >= 0.3 is 6.18 Å². The Hall–Kier alpha value is -2.65. The second-order valence-electron chi connectivity index (χ2n) is 3.27. The molecule has 0 spiro atoms. The molecule has 0 atom stereocenters. The lowest BCUT2D eigenvalue weighted by Gasteiger charge is -2.08. The number of benzene rings is 1. The predicted molar refractivity (Wildman–Crippen MR) is 61.5 cm³/mol. The zero-order chi connectivity index (χ0) is 14.6. The van der Waals surface area contributed by atoms with Crippen LogP contribution in [0.2, 0.25) is 0 Å². The van der Waals surface area contributed by atoms with E-state index in [1.807, 2.05) is 0 Å². The van der Waals surface area contributed by atoms with E-state index in [0.717, 1.165) is 18.3 Å². The fraction of sp³-hybridized carbons (Fsp3) is 0.111. The topological polar surface area (TPSA) is 120 Å². The lowest BCUT2D eigenvalue weighted by atomic mass is 10.1. The Labute approximate surface area is 104 Å². The van der Waals surface area contributed by atoms with E-state index in [0.29, 0.717) is 6.07 Å². The summed E-state index contributed by atoms with van der Waals surface area (Å²) in [6.07, 6.45) is -4.07. The highest BCUT2D eigenvalue weighted by Gasteiger charge is 2.39. The second-order valence-corrected chi connectivity index (χ2v) is 3.27. The van der Waals surface area contributed by atoms with Crippen LogP contribution in [0.15, 0.2) is 28.4 Å². The molecule has 0 amide bonds. The summed E-state index contributed by atoms with van der Waals surface area (Å²) in [5.41, 5.74) is 7.07. The molecule has 0 saturated carbocycles. The number of hydrogen-bond donors (Lipinski definition) is 2. The minimum absolute atomic E-state index is 0.357. The van der Waals surface area contributed by atoms with Gasteiger partial charge in [0.05, 0.1) is 16.7 Å². The van der Waals surface area contributed by atoms with E-state index in [9.17, 15) is 23.3 Å². The van der Waals surface area contributed by atoms with Crippen molar-refractivity contribution in [2.24, 2.45) is 21.7 Å². The molecule has 0 radical (unpaired) electrons. The number of alkyl halides is 3. The third-order valence-corrected chi connectivity index (χ3v) is 1.93. The summed E-state index contributed by atoms with van der Waals surface area (Å²) in [5, 5.41) is 17.1. The molecule has 0 unspecified atom stereocenters. The maximum atomic E-state index is 12.6. The van der Waals surface area contributed by atoms with Gasteiger partial charge in [0.25, 0.3) is 5.69 Å². The summed E-state index contributed by atoms with van der Waals surface area (Å²) in [7, 11) is 0. The quantitative estimate of drug-likeness (QED) is 0.373. The maximum absolute atomic E-state index is 12.6. The van der Waals surface area contributed by atoms with Gasteiger partial charge in [-0.05, 0) is 12.1 Å². The highest BCUT2D eigenvalue weighted by atomic mass is 19.4. The van der Waals surface area contributed by atoms with Crippen LogP contribution in [0.4, 0.5) is 18.9 Å². The van der Waals surface area contributed by atoms with Crippen LogP contribution in [0.5, 0.6) is 0 Å². The van der Waals surface area contributed by atoms with Gasteiger partial charge in [-0.1, -0.05) is 6.07 Å². The average Bonchev–Trinajstić information content (AvgIpc) is 2.26. The number of halogens is 3. The van der Waals surface area contributed by atoms with Crippen molar-refractivity contribution in [1.29, 1.82) is 0 Å². The zero-order valence-electron chi connectivity index (χ0n) is 9.26. The number of guanidine groups is 1. The summed E-state index contributed by atoms with van der Waals surface area (Å²) in [5.74, 6) is -0.425. The number of rotatable bonds is 3. The van der Waals surface area contributed by atoms with E-state index in [1.165, 1.54) is 0 Å². The van der Waals surface area contributed by atoms with Crippen LogP contribution in [-0.2, 0) is 6.18 Å². The van der Waals surface area contributed by atoms with Crippen LogP contribution in [0, 0.1) is 10.1 Å². The zero-order valence-corrected chi connectivity index (χ0v) is 9.26. The van der Waals surface area contributed by atoms with Crippen molar-refractivity contribution in [2.45, 2.75) is 6.18 Å². The van der Waals surface area contributed by atoms with Crippen LogP contribution in [-0.4, -0.2) is 17.1 Å². The molecule has 19 heavy (non-hydrogen) atoms.